The second-order valence-electron chi connectivity index (χ2n) is 4.94. The zero-order chi connectivity index (χ0) is 17.3. The van der Waals surface area contributed by atoms with Crippen LogP contribution in [-0.2, 0) is 15.8 Å². The lowest BCUT2D eigenvalue weighted by atomic mass is 10.1. The SMILES string of the molecule is O=C1C=CC(=O)N1c1ccc(Oc2ccccc2)c(C(F)(F)F)c1. The topological polar surface area (TPSA) is 46.6 Å². The fraction of sp³-hybridized carbons (Fsp3) is 0.0588. The predicted molar refractivity (Wildman–Crippen MR) is 79.6 cm³/mol. The number of alkyl halides is 3. The third-order valence-electron chi connectivity index (χ3n) is 3.31. The molecule has 0 unspecified atom stereocenters. The number of hydrogen-bond acceptors (Lipinski definition) is 3. The highest BCUT2D eigenvalue weighted by molar-refractivity contribution is 6.28. The number of para-hydroxylation sites is 1. The molecule has 0 saturated carbocycles. The van der Waals surface area contributed by atoms with E-state index in [1.807, 2.05) is 0 Å². The quantitative estimate of drug-likeness (QED) is 0.800. The van der Waals surface area contributed by atoms with E-state index in [0.717, 1.165) is 24.3 Å². The fourth-order valence-electron chi connectivity index (χ4n) is 2.24. The Hall–Kier alpha value is -3.09. The monoisotopic (exact) mass is 333 g/mol. The molecule has 7 heteroatoms. The second-order valence-corrected chi connectivity index (χ2v) is 4.94. The van der Waals surface area contributed by atoms with Gasteiger partial charge in [-0.25, -0.2) is 4.90 Å². The van der Waals surface area contributed by atoms with Gasteiger partial charge in [0.05, 0.1) is 5.69 Å². The summed E-state index contributed by atoms with van der Waals surface area (Å²) in [5.74, 6) is -1.55. The highest BCUT2D eigenvalue weighted by Gasteiger charge is 2.36. The number of carbonyl (C=O) groups excluding carboxylic acids is 2. The van der Waals surface area contributed by atoms with Crippen molar-refractivity contribution in [3.63, 3.8) is 0 Å². The summed E-state index contributed by atoms with van der Waals surface area (Å²) in [5.41, 5.74) is -1.24. The van der Waals surface area contributed by atoms with Crippen LogP contribution in [-0.4, -0.2) is 11.8 Å². The van der Waals surface area contributed by atoms with Crippen molar-refractivity contribution in [2.45, 2.75) is 6.18 Å². The number of amides is 2. The van der Waals surface area contributed by atoms with Crippen LogP contribution < -0.4 is 9.64 Å². The second kappa shape index (κ2) is 5.84. The van der Waals surface area contributed by atoms with E-state index in [4.69, 9.17) is 4.74 Å². The number of hydrogen-bond donors (Lipinski definition) is 0. The molecule has 4 nitrogen and oxygen atoms in total. The van der Waals surface area contributed by atoms with Crippen molar-refractivity contribution < 1.29 is 27.5 Å². The summed E-state index contributed by atoms with van der Waals surface area (Å²) in [6.45, 7) is 0. The van der Waals surface area contributed by atoms with E-state index in [0.29, 0.717) is 4.90 Å². The smallest absolute Gasteiger partial charge is 0.420 e. The standard InChI is InChI=1S/C17H10F3NO3/c18-17(19,20)13-10-11(21-15(22)8-9-16(21)23)6-7-14(13)24-12-4-2-1-3-5-12/h1-10H. The molecule has 0 atom stereocenters. The molecule has 3 rings (SSSR count). The zero-order valence-corrected chi connectivity index (χ0v) is 12.1. The molecule has 0 aromatic heterocycles. The Balaban J connectivity index is 2.02. The van der Waals surface area contributed by atoms with Gasteiger partial charge in [0.2, 0.25) is 0 Å². The number of carbonyl (C=O) groups is 2. The van der Waals surface area contributed by atoms with Crippen LogP contribution in [0.3, 0.4) is 0 Å². The Bertz CT molecular complexity index is 811. The van der Waals surface area contributed by atoms with E-state index in [1.165, 1.54) is 18.2 Å². The number of halogens is 3. The Morgan fingerprint density at radius 2 is 1.50 bits per heavy atom. The van der Waals surface area contributed by atoms with E-state index in [-0.39, 0.29) is 11.4 Å². The van der Waals surface area contributed by atoms with Gasteiger partial charge in [0.25, 0.3) is 11.8 Å². The molecule has 2 aromatic rings. The maximum atomic E-state index is 13.3. The van der Waals surface area contributed by atoms with Gasteiger partial charge >= 0.3 is 6.18 Å². The summed E-state index contributed by atoms with van der Waals surface area (Å²) in [6.07, 6.45) is -2.70. The van der Waals surface area contributed by atoms with Crippen molar-refractivity contribution in [2.24, 2.45) is 0 Å². The van der Waals surface area contributed by atoms with Crippen LogP contribution in [0.2, 0.25) is 0 Å². The van der Waals surface area contributed by atoms with Gasteiger partial charge in [0, 0.05) is 12.2 Å². The molecule has 24 heavy (non-hydrogen) atoms. The first kappa shape index (κ1) is 15.8. The van der Waals surface area contributed by atoms with Crippen LogP contribution in [0.15, 0.2) is 60.7 Å². The van der Waals surface area contributed by atoms with E-state index >= 15 is 0 Å². The Kier molecular flexibility index (Phi) is 3.84. The third-order valence-corrected chi connectivity index (χ3v) is 3.31. The lowest BCUT2D eigenvalue weighted by Crippen LogP contribution is -2.29. The Morgan fingerprint density at radius 3 is 2.08 bits per heavy atom. The molecule has 0 N–H and O–H groups in total. The minimum atomic E-state index is -4.71. The van der Waals surface area contributed by atoms with Crippen molar-refractivity contribution >= 4 is 17.5 Å². The first-order valence-corrected chi connectivity index (χ1v) is 6.86. The van der Waals surface area contributed by atoms with Gasteiger partial charge < -0.3 is 4.74 Å². The molecule has 0 saturated heterocycles. The van der Waals surface area contributed by atoms with Gasteiger partial charge in [0.15, 0.2) is 0 Å². The minimum Gasteiger partial charge on any atom is -0.457 e. The normalized spacial score (nSPS) is 14.4. The van der Waals surface area contributed by atoms with Gasteiger partial charge in [0.1, 0.15) is 17.1 Å². The molecule has 0 spiro atoms. The Morgan fingerprint density at radius 1 is 0.875 bits per heavy atom. The third kappa shape index (κ3) is 3.01. The van der Waals surface area contributed by atoms with E-state index in [9.17, 15) is 22.8 Å². The minimum absolute atomic E-state index is 0.164. The van der Waals surface area contributed by atoms with Gasteiger partial charge in [-0.2, -0.15) is 13.2 Å². The summed E-state index contributed by atoms with van der Waals surface area (Å²) < 4.78 is 45.3. The number of nitrogens with zero attached hydrogens (tertiary/aromatic N) is 1. The number of imide groups is 1. The molecule has 1 aliphatic heterocycles. The van der Waals surface area contributed by atoms with E-state index in [1.54, 1.807) is 18.2 Å². The van der Waals surface area contributed by atoms with Crippen molar-refractivity contribution in [2.75, 3.05) is 4.90 Å². The van der Waals surface area contributed by atoms with Crippen molar-refractivity contribution in [3.8, 4) is 11.5 Å². The van der Waals surface area contributed by atoms with Crippen LogP contribution in [0.25, 0.3) is 0 Å². The maximum Gasteiger partial charge on any atom is 0.420 e. The molecule has 0 fully saturated rings. The van der Waals surface area contributed by atoms with Gasteiger partial charge in [-0.1, -0.05) is 18.2 Å². The molecule has 1 aliphatic rings. The molecule has 0 radical (unpaired) electrons. The maximum absolute atomic E-state index is 13.3. The summed E-state index contributed by atoms with van der Waals surface area (Å²) >= 11 is 0. The first-order chi connectivity index (χ1) is 11.4. The van der Waals surface area contributed by atoms with Crippen molar-refractivity contribution in [1.29, 1.82) is 0 Å². The van der Waals surface area contributed by atoms with Crippen LogP contribution >= 0.6 is 0 Å². The molecule has 122 valence electrons. The molecule has 2 amide bonds. The highest BCUT2D eigenvalue weighted by atomic mass is 19.4. The zero-order valence-electron chi connectivity index (χ0n) is 12.1. The lowest BCUT2D eigenvalue weighted by molar-refractivity contribution is -0.138. The average molecular weight is 333 g/mol. The molecule has 0 bridgehead atoms. The van der Waals surface area contributed by atoms with Crippen molar-refractivity contribution in [1.82, 2.24) is 0 Å². The van der Waals surface area contributed by atoms with E-state index < -0.39 is 29.3 Å². The molecule has 2 aromatic carbocycles. The summed E-state index contributed by atoms with van der Waals surface area (Å²) in [4.78, 5) is 23.9. The summed E-state index contributed by atoms with van der Waals surface area (Å²) in [5, 5.41) is 0. The first-order valence-electron chi connectivity index (χ1n) is 6.86. The van der Waals surface area contributed by atoms with Gasteiger partial charge in [-0.05, 0) is 30.3 Å². The van der Waals surface area contributed by atoms with Crippen LogP contribution in [0, 0.1) is 0 Å². The van der Waals surface area contributed by atoms with Gasteiger partial charge in [-0.15, -0.1) is 0 Å². The Labute approximate surface area is 134 Å². The number of ether oxygens (including phenoxy) is 1. The fourth-order valence-corrected chi connectivity index (χ4v) is 2.24. The molecular weight excluding hydrogens is 323 g/mol. The predicted octanol–water partition coefficient (Wildman–Crippen LogP) is 3.93. The van der Waals surface area contributed by atoms with Crippen LogP contribution in [0.5, 0.6) is 11.5 Å². The van der Waals surface area contributed by atoms with Crippen molar-refractivity contribution in [3.05, 3.63) is 66.2 Å². The number of rotatable bonds is 3. The highest BCUT2D eigenvalue weighted by Crippen LogP contribution is 2.40. The molecule has 0 aliphatic carbocycles. The summed E-state index contributed by atoms with van der Waals surface area (Å²) in [7, 11) is 0. The number of benzene rings is 2. The van der Waals surface area contributed by atoms with E-state index in [2.05, 4.69) is 0 Å². The van der Waals surface area contributed by atoms with Crippen LogP contribution in [0.1, 0.15) is 5.56 Å². The largest absolute Gasteiger partial charge is 0.457 e. The van der Waals surface area contributed by atoms with Gasteiger partial charge in [-0.3, -0.25) is 9.59 Å². The lowest BCUT2D eigenvalue weighted by Gasteiger charge is -2.19. The molecule has 1 heterocycles. The average Bonchev–Trinajstić information content (AvgIpc) is 2.87. The van der Waals surface area contributed by atoms with Crippen LogP contribution in [0.4, 0.5) is 18.9 Å². The summed E-state index contributed by atoms with van der Waals surface area (Å²) in [6, 6.07) is 11.0. The molecular formula is C17H10F3NO3. The number of anilines is 1.